The second kappa shape index (κ2) is 11.1. The average Bonchev–Trinajstić information content (AvgIpc) is 3.48. The highest BCUT2D eigenvalue weighted by molar-refractivity contribution is 7.03. The molecule has 4 rings (SSSR count). The molecular weight excluding hydrogens is 478 g/mol. The number of aryl methyl sites for hydroxylation is 1. The Morgan fingerprint density at radius 3 is 2.44 bits per heavy atom. The van der Waals surface area contributed by atoms with E-state index in [2.05, 4.69) is 14.5 Å². The summed E-state index contributed by atoms with van der Waals surface area (Å²) < 4.78 is 10.9. The molecule has 0 saturated carbocycles. The molecule has 186 valence electrons. The van der Waals surface area contributed by atoms with Gasteiger partial charge in [-0.1, -0.05) is 55.5 Å². The lowest BCUT2D eigenvalue weighted by Crippen LogP contribution is -2.32. The van der Waals surface area contributed by atoms with Crippen molar-refractivity contribution in [1.82, 2.24) is 19.1 Å². The molecule has 10 heteroatoms. The summed E-state index contributed by atoms with van der Waals surface area (Å²) >= 11 is 0.886. The van der Waals surface area contributed by atoms with Gasteiger partial charge in [0.05, 0.1) is 13.2 Å². The normalized spacial score (nSPS) is 10.9. The number of benzene rings is 2. The molecule has 0 spiro atoms. The van der Waals surface area contributed by atoms with Crippen molar-refractivity contribution in [3.05, 3.63) is 75.5 Å². The number of carbonyl (C=O) groups is 2. The third kappa shape index (κ3) is 5.44. The molecule has 4 aromatic rings. The van der Waals surface area contributed by atoms with Gasteiger partial charge in [0.1, 0.15) is 5.56 Å². The summed E-state index contributed by atoms with van der Waals surface area (Å²) in [7, 11) is 1.70. The van der Waals surface area contributed by atoms with Crippen molar-refractivity contribution in [3.8, 4) is 22.5 Å². The Bertz CT molecular complexity index is 1420. The lowest BCUT2D eigenvalue weighted by atomic mass is 9.98. The van der Waals surface area contributed by atoms with E-state index in [1.807, 2.05) is 55.5 Å². The van der Waals surface area contributed by atoms with E-state index in [1.165, 1.54) is 4.68 Å². The van der Waals surface area contributed by atoms with Gasteiger partial charge in [0.15, 0.2) is 11.6 Å². The molecule has 0 unspecified atom stereocenters. The van der Waals surface area contributed by atoms with E-state index in [0.29, 0.717) is 18.7 Å². The molecular formula is C26H27N5O4S. The second-order valence-corrected chi connectivity index (χ2v) is 8.91. The summed E-state index contributed by atoms with van der Waals surface area (Å²) in [6.45, 7) is 4.15. The predicted octanol–water partition coefficient (Wildman–Crippen LogP) is 4.41. The largest absolute Gasteiger partial charge is 0.462 e. The molecule has 2 aromatic carbocycles. The standard InChI is InChI=1S/C26H27N5O4S/c1-4-8-22(32)31(24-21(16-30(3)28-24)25(33)35-5-2)15-17-11-13-18(14-12-17)19-9-6-7-10-20(19)23-27-26(34)36-29-23/h6-7,9-14,16H,4-5,8,15H2,1-3H3,(H,27,29,34). The quantitative estimate of drug-likeness (QED) is 0.338. The SMILES string of the molecule is CCCC(=O)N(Cc1ccc(-c2ccccc2-c2nsc(=O)[nH]2)cc1)c1nn(C)cc1C(=O)OCC. The number of amides is 1. The molecule has 2 heterocycles. The van der Waals surface area contributed by atoms with Gasteiger partial charge in [0.2, 0.25) is 5.91 Å². The summed E-state index contributed by atoms with van der Waals surface area (Å²) in [5, 5.41) is 4.41. The fraction of sp³-hybridized carbons (Fsp3) is 0.269. The Hall–Kier alpha value is -4.05. The molecule has 2 aromatic heterocycles. The molecule has 0 aliphatic rings. The van der Waals surface area contributed by atoms with Crippen LogP contribution in [-0.2, 0) is 23.1 Å². The zero-order valence-corrected chi connectivity index (χ0v) is 21.2. The molecule has 9 nitrogen and oxygen atoms in total. The smallest absolute Gasteiger partial charge is 0.343 e. The highest BCUT2D eigenvalue weighted by atomic mass is 32.1. The Labute approximate surface area is 212 Å². The lowest BCUT2D eigenvalue weighted by molar-refractivity contribution is -0.118. The number of esters is 1. The number of rotatable bonds is 9. The van der Waals surface area contributed by atoms with E-state index >= 15 is 0 Å². The van der Waals surface area contributed by atoms with Crippen molar-refractivity contribution >= 4 is 29.2 Å². The summed E-state index contributed by atoms with van der Waals surface area (Å²) in [6, 6.07) is 15.5. The van der Waals surface area contributed by atoms with Crippen LogP contribution >= 0.6 is 11.5 Å². The van der Waals surface area contributed by atoms with Gasteiger partial charge in [-0.15, -0.1) is 0 Å². The third-order valence-electron chi connectivity index (χ3n) is 5.55. The van der Waals surface area contributed by atoms with Gasteiger partial charge in [-0.3, -0.25) is 24.2 Å². The maximum absolute atomic E-state index is 13.1. The first-order valence-corrected chi connectivity index (χ1v) is 12.4. The fourth-order valence-electron chi connectivity index (χ4n) is 3.92. The van der Waals surface area contributed by atoms with E-state index in [0.717, 1.165) is 33.8 Å². The van der Waals surface area contributed by atoms with Gasteiger partial charge >= 0.3 is 10.8 Å². The van der Waals surface area contributed by atoms with E-state index in [9.17, 15) is 14.4 Å². The van der Waals surface area contributed by atoms with Crippen LogP contribution in [0.3, 0.4) is 0 Å². The number of H-pyrrole nitrogens is 1. The highest BCUT2D eigenvalue weighted by Crippen LogP contribution is 2.31. The first-order valence-electron chi connectivity index (χ1n) is 11.7. The second-order valence-electron chi connectivity index (χ2n) is 8.18. The van der Waals surface area contributed by atoms with Gasteiger partial charge in [-0.05, 0) is 30.0 Å². The molecule has 1 N–H and O–H groups in total. The maximum atomic E-state index is 13.1. The molecule has 0 fully saturated rings. The Balaban J connectivity index is 1.65. The minimum atomic E-state index is -0.512. The Morgan fingerprint density at radius 2 is 1.81 bits per heavy atom. The zero-order valence-electron chi connectivity index (χ0n) is 20.4. The summed E-state index contributed by atoms with van der Waals surface area (Å²) in [5.41, 5.74) is 3.84. The van der Waals surface area contributed by atoms with Gasteiger partial charge in [-0.2, -0.15) is 9.47 Å². The first-order chi connectivity index (χ1) is 17.4. The third-order valence-corrected chi connectivity index (χ3v) is 6.10. The molecule has 0 bridgehead atoms. The Morgan fingerprint density at radius 1 is 1.08 bits per heavy atom. The highest BCUT2D eigenvalue weighted by Gasteiger charge is 2.26. The van der Waals surface area contributed by atoms with Gasteiger partial charge in [0, 0.05) is 36.8 Å². The van der Waals surface area contributed by atoms with E-state index in [1.54, 1.807) is 25.1 Å². The number of anilines is 1. The number of hydrogen-bond donors (Lipinski definition) is 1. The topological polar surface area (TPSA) is 110 Å². The van der Waals surface area contributed by atoms with Crippen LogP contribution in [0.2, 0.25) is 0 Å². The van der Waals surface area contributed by atoms with Crippen LogP contribution in [0.15, 0.2) is 59.5 Å². The first kappa shape index (κ1) is 25.1. The molecule has 0 aliphatic heterocycles. The van der Waals surface area contributed by atoms with Crippen molar-refractivity contribution in [3.63, 3.8) is 0 Å². The summed E-state index contributed by atoms with van der Waals surface area (Å²) in [4.78, 5) is 41.3. The molecule has 0 atom stereocenters. The average molecular weight is 506 g/mol. The fourth-order valence-corrected chi connectivity index (χ4v) is 4.38. The maximum Gasteiger partial charge on any atom is 0.343 e. The monoisotopic (exact) mass is 505 g/mol. The molecule has 0 aliphatic carbocycles. The van der Waals surface area contributed by atoms with Gasteiger partial charge < -0.3 is 4.74 Å². The van der Waals surface area contributed by atoms with Crippen molar-refractivity contribution in [1.29, 1.82) is 0 Å². The number of nitrogens with zero attached hydrogens (tertiary/aromatic N) is 4. The number of nitrogens with one attached hydrogen (secondary N) is 1. The van der Waals surface area contributed by atoms with Crippen LogP contribution in [0.4, 0.5) is 5.82 Å². The van der Waals surface area contributed by atoms with Crippen LogP contribution in [0.5, 0.6) is 0 Å². The van der Waals surface area contributed by atoms with Crippen LogP contribution in [0, 0.1) is 0 Å². The van der Waals surface area contributed by atoms with E-state index in [-0.39, 0.29) is 35.3 Å². The van der Waals surface area contributed by atoms with Gasteiger partial charge in [-0.25, -0.2) is 4.79 Å². The minimum absolute atomic E-state index is 0.122. The van der Waals surface area contributed by atoms with Crippen molar-refractivity contribution in [2.75, 3.05) is 11.5 Å². The van der Waals surface area contributed by atoms with Crippen LogP contribution < -0.4 is 9.77 Å². The zero-order chi connectivity index (χ0) is 25.7. The number of aromatic amines is 1. The summed E-state index contributed by atoms with van der Waals surface area (Å²) in [6.07, 6.45) is 2.57. The lowest BCUT2D eigenvalue weighted by Gasteiger charge is -2.22. The number of carbonyl (C=O) groups excluding carboxylic acids is 2. The summed E-state index contributed by atoms with van der Waals surface area (Å²) in [5.74, 6) is 0.185. The van der Waals surface area contributed by atoms with Crippen LogP contribution in [0.25, 0.3) is 22.5 Å². The van der Waals surface area contributed by atoms with E-state index < -0.39 is 5.97 Å². The van der Waals surface area contributed by atoms with Crippen LogP contribution in [0.1, 0.15) is 42.6 Å². The Kier molecular flexibility index (Phi) is 7.74. The van der Waals surface area contributed by atoms with Crippen molar-refractivity contribution in [2.45, 2.75) is 33.2 Å². The number of ether oxygens (including phenoxy) is 1. The molecule has 0 radical (unpaired) electrons. The molecule has 1 amide bonds. The molecule has 0 saturated heterocycles. The predicted molar refractivity (Wildman–Crippen MR) is 139 cm³/mol. The molecule has 36 heavy (non-hydrogen) atoms. The number of aromatic nitrogens is 4. The minimum Gasteiger partial charge on any atom is -0.462 e. The van der Waals surface area contributed by atoms with Crippen molar-refractivity contribution < 1.29 is 14.3 Å². The van der Waals surface area contributed by atoms with Gasteiger partial charge in [0.25, 0.3) is 0 Å². The van der Waals surface area contributed by atoms with Crippen LogP contribution in [-0.4, -0.2) is 37.6 Å². The van der Waals surface area contributed by atoms with E-state index in [4.69, 9.17) is 4.74 Å². The number of hydrogen-bond acceptors (Lipinski definition) is 7. The van der Waals surface area contributed by atoms with Crippen molar-refractivity contribution in [2.24, 2.45) is 7.05 Å².